The van der Waals surface area contributed by atoms with Gasteiger partial charge in [0.2, 0.25) is 0 Å². The largest absolute Gasteiger partial charge is 0.508 e. The van der Waals surface area contributed by atoms with Gasteiger partial charge in [0.15, 0.2) is 0 Å². The van der Waals surface area contributed by atoms with Gasteiger partial charge in [0.25, 0.3) is 0 Å². The quantitative estimate of drug-likeness (QED) is 0.852. The van der Waals surface area contributed by atoms with E-state index in [9.17, 15) is 5.11 Å². The van der Waals surface area contributed by atoms with Gasteiger partial charge in [-0.15, -0.1) is 0 Å². The monoisotopic (exact) mass is 245 g/mol. The van der Waals surface area contributed by atoms with E-state index in [1.54, 1.807) is 0 Å². The van der Waals surface area contributed by atoms with E-state index in [1.165, 1.54) is 30.4 Å². The Hall–Kier alpha value is -1.02. The maximum absolute atomic E-state index is 9.50. The molecule has 0 amide bonds. The number of hydrogen-bond donors (Lipinski definition) is 2. The van der Waals surface area contributed by atoms with Crippen LogP contribution in [0.15, 0.2) is 18.2 Å². The molecule has 2 N–H and O–H groups in total. The Kier molecular flexibility index (Phi) is 2.86. The van der Waals surface area contributed by atoms with Crippen LogP contribution in [0, 0.1) is 11.3 Å². The van der Waals surface area contributed by atoms with E-state index in [0.717, 1.165) is 18.9 Å². The zero-order chi connectivity index (χ0) is 12.8. The summed E-state index contributed by atoms with van der Waals surface area (Å²) in [5, 5.41) is 13.3. The van der Waals surface area contributed by atoms with Gasteiger partial charge in [-0.05, 0) is 60.3 Å². The molecule has 2 nitrogen and oxygen atoms in total. The first-order valence-corrected chi connectivity index (χ1v) is 7.16. The first-order valence-electron chi connectivity index (χ1n) is 7.16. The first-order chi connectivity index (χ1) is 8.61. The fourth-order valence-corrected chi connectivity index (χ4v) is 3.26. The van der Waals surface area contributed by atoms with Crippen LogP contribution in [-0.4, -0.2) is 11.7 Å². The number of aromatic hydroxyl groups is 1. The zero-order valence-corrected chi connectivity index (χ0v) is 11.4. The first kappa shape index (κ1) is 12.0. The van der Waals surface area contributed by atoms with Crippen LogP contribution in [-0.2, 0) is 6.42 Å². The van der Waals surface area contributed by atoms with Gasteiger partial charge in [0.1, 0.15) is 5.75 Å². The summed E-state index contributed by atoms with van der Waals surface area (Å²) in [4.78, 5) is 0. The predicted octanol–water partition coefficient (Wildman–Crippen LogP) is 3.41. The molecule has 2 aliphatic rings. The second-order valence-electron chi connectivity index (χ2n) is 6.37. The van der Waals surface area contributed by atoms with Gasteiger partial charge >= 0.3 is 0 Å². The maximum Gasteiger partial charge on any atom is 0.115 e. The van der Waals surface area contributed by atoms with E-state index in [0.29, 0.717) is 17.2 Å². The Balaban J connectivity index is 1.67. The molecule has 2 aliphatic carbocycles. The average molecular weight is 245 g/mol. The molecule has 1 aromatic carbocycles. The molecule has 2 heteroatoms. The van der Waals surface area contributed by atoms with Gasteiger partial charge < -0.3 is 10.4 Å². The van der Waals surface area contributed by atoms with Crippen LogP contribution < -0.4 is 5.32 Å². The van der Waals surface area contributed by atoms with Gasteiger partial charge in [-0.1, -0.05) is 19.9 Å². The van der Waals surface area contributed by atoms with E-state index in [-0.39, 0.29) is 0 Å². The van der Waals surface area contributed by atoms with E-state index in [1.807, 2.05) is 12.1 Å². The summed E-state index contributed by atoms with van der Waals surface area (Å²) in [6.45, 7) is 5.83. The molecule has 1 atom stereocenters. The van der Waals surface area contributed by atoms with E-state index < -0.39 is 0 Å². The molecule has 0 saturated heterocycles. The maximum atomic E-state index is 9.50. The van der Waals surface area contributed by atoms with Crippen LogP contribution in [0.25, 0.3) is 0 Å². The topological polar surface area (TPSA) is 32.3 Å². The predicted molar refractivity (Wildman–Crippen MR) is 73.7 cm³/mol. The molecule has 3 rings (SSSR count). The van der Waals surface area contributed by atoms with Crippen LogP contribution in [0.2, 0.25) is 0 Å². The number of benzene rings is 1. The van der Waals surface area contributed by atoms with Crippen LogP contribution >= 0.6 is 0 Å². The lowest BCUT2D eigenvalue weighted by Gasteiger charge is -2.23. The van der Waals surface area contributed by atoms with Crippen molar-refractivity contribution in [2.45, 2.75) is 45.6 Å². The van der Waals surface area contributed by atoms with Gasteiger partial charge in [-0.2, -0.15) is 0 Å². The van der Waals surface area contributed by atoms with Crippen molar-refractivity contribution in [3.05, 3.63) is 29.3 Å². The number of phenols is 1. The minimum atomic E-state index is 0.398. The SMILES string of the molecule is CC(C)C1(CNC2CCc3cc(O)ccc32)CC1. The Morgan fingerprint density at radius 2 is 2.17 bits per heavy atom. The molecular weight excluding hydrogens is 222 g/mol. The van der Waals surface area contributed by atoms with Crippen molar-refractivity contribution in [3.63, 3.8) is 0 Å². The smallest absolute Gasteiger partial charge is 0.115 e. The van der Waals surface area contributed by atoms with Crippen molar-refractivity contribution >= 4 is 0 Å². The fraction of sp³-hybridized carbons (Fsp3) is 0.625. The zero-order valence-electron chi connectivity index (χ0n) is 11.4. The Bertz CT molecular complexity index is 448. The van der Waals surface area contributed by atoms with Crippen LogP contribution in [0.3, 0.4) is 0 Å². The van der Waals surface area contributed by atoms with Gasteiger partial charge in [-0.3, -0.25) is 0 Å². The second kappa shape index (κ2) is 4.27. The molecule has 0 bridgehead atoms. The number of phenolic OH excluding ortho intramolecular Hbond substituents is 1. The molecule has 0 radical (unpaired) electrons. The Labute approximate surface area is 109 Å². The van der Waals surface area contributed by atoms with Crippen molar-refractivity contribution in [1.82, 2.24) is 5.32 Å². The average Bonchev–Trinajstić information content (AvgIpc) is 3.03. The summed E-state index contributed by atoms with van der Waals surface area (Å²) in [7, 11) is 0. The molecular formula is C16H23NO. The van der Waals surface area contributed by atoms with Gasteiger partial charge in [-0.25, -0.2) is 0 Å². The molecule has 1 fully saturated rings. The van der Waals surface area contributed by atoms with Crippen LogP contribution in [0.4, 0.5) is 0 Å². The molecule has 0 aromatic heterocycles. The lowest BCUT2D eigenvalue weighted by atomic mass is 9.92. The Morgan fingerprint density at radius 3 is 2.83 bits per heavy atom. The molecule has 1 saturated carbocycles. The highest BCUT2D eigenvalue weighted by atomic mass is 16.3. The summed E-state index contributed by atoms with van der Waals surface area (Å²) in [6, 6.07) is 6.32. The molecule has 1 aromatic rings. The van der Waals surface area contributed by atoms with Crippen molar-refractivity contribution in [3.8, 4) is 5.75 Å². The van der Waals surface area contributed by atoms with Crippen molar-refractivity contribution in [1.29, 1.82) is 0 Å². The third-order valence-electron chi connectivity index (χ3n) is 5.02. The highest BCUT2D eigenvalue weighted by Crippen LogP contribution is 2.51. The summed E-state index contributed by atoms with van der Waals surface area (Å²) >= 11 is 0. The minimum absolute atomic E-state index is 0.398. The molecule has 0 heterocycles. The molecule has 0 spiro atoms. The number of hydrogen-bond acceptors (Lipinski definition) is 2. The fourth-order valence-electron chi connectivity index (χ4n) is 3.26. The normalized spacial score (nSPS) is 24.3. The van der Waals surface area contributed by atoms with Crippen molar-refractivity contribution in [2.75, 3.05) is 6.54 Å². The van der Waals surface area contributed by atoms with Crippen LogP contribution in [0.5, 0.6) is 5.75 Å². The molecule has 18 heavy (non-hydrogen) atoms. The summed E-state index contributed by atoms with van der Waals surface area (Å²) < 4.78 is 0. The number of fused-ring (bicyclic) bond motifs is 1. The van der Waals surface area contributed by atoms with Crippen molar-refractivity contribution < 1.29 is 5.11 Å². The standard InChI is InChI=1S/C16H23NO/c1-11(2)16(7-8-16)10-17-15-6-3-12-9-13(18)4-5-14(12)15/h4-5,9,11,15,17-18H,3,6-8,10H2,1-2H3. The third-order valence-corrected chi connectivity index (χ3v) is 5.02. The third kappa shape index (κ3) is 2.03. The number of nitrogens with one attached hydrogen (secondary N) is 1. The summed E-state index contributed by atoms with van der Waals surface area (Å²) in [6.07, 6.45) is 5.03. The molecule has 98 valence electrons. The highest BCUT2D eigenvalue weighted by molar-refractivity contribution is 5.40. The van der Waals surface area contributed by atoms with E-state index in [2.05, 4.69) is 25.2 Å². The summed E-state index contributed by atoms with van der Waals surface area (Å²) in [5.41, 5.74) is 3.29. The number of aryl methyl sites for hydroxylation is 1. The molecule has 1 unspecified atom stereocenters. The second-order valence-corrected chi connectivity index (χ2v) is 6.37. The van der Waals surface area contributed by atoms with Gasteiger partial charge in [0, 0.05) is 12.6 Å². The van der Waals surface area contributed by atoms with E-state index >= 15 is 0 Å². The lowest BCUT2D eigenvalue weighted by Crippen LogP contribution is -2.30. The van der Waals surface area contributed by atoms with Crippen molar-refractivity contribution in [2.24, 2.45) is 11.3 Å². The van der Waals surface area contributed by atoms with Gasteiger partial charge in [0.05, 0.1) is 0 Å². The minimum Gasteiger partial charge on any atom is -0.508 e. The molecule has 0 aliphatic heterocycles. The number of rotatable bonds is 4. The highest BCUT2D eigenvalue weighted by Gasteiger charge is 2.45. The Morgan fingerprint density at radius 1 is 1.39 bits per heavy atom. The van der Waals surface area contributed by atoms with Crippen LogP contribution in [0.1, 0.15) is 50.3 Å². The lowest BCUT2D eigenvalue weighted by molar-refractivity contribution is 0.320. The summed E-state index contributed by atoms with van der Waals surface area (Å²) in [5.74, 6) is 1.18. The van der Waals surface area contributed by atoms with E-state index in [4.69, 9.17) is 0 Å².